The number of carbonyl (C=O) groups excluding carboxylic acids is 2. The molecule has 0 aromatic heterocycles. The molecule has 0 radical (unpaired) electrons. The molecule has 2 aromatic carbocycles. The van der Waals surface area contributed by atoms with Gasteiger partial charge in [-0.2, -0.15) is 5.10 Å². The van der Waals surface area contributed by atoms with E-state index in [0.717, 1.165) is 9.13 Å². The lowest BCUT2D eigenvalue weighted by atomic mass is 10.2. The van der Waals surface area contributed by atoms with E-state index in [1.54, 1.807) is 49.6 Å². The first kappa shape index (κ1) is 18.7. The van der Waals surface area contributed by atoms with E-state index in [0.29, 0.717) is 17.1 Å². The van der Waals surface area contributed by atoms with Crippen molar-refractivity contribution in [3.63, 3.8) is 0 Å². The largest absolute Gasteiger partial charge is 0.496 e. The van der Waals surface area contributed by atoms with E-state index in [9.17, 15) is 9.59 Å². The van der Waals surface area contributed by atoms with Crippen molar-refractivity contribution in [3.05, 3.63) is 57.2 Å². The third-order valence-electron chi connectivity index (χ3n) is 3.05. The van der Waals surface area contributed by atoms with Crippen molar-refractivity contribution in [1.82, 2.24) is 5.43 Å². The van der Waals surface area contributed by atoms with E-state index in [1.807, 2.05) is 0 Å². The van der Waals surface area contributed by atoms with E-state index < -0.39 is 5.91 Å². The van der Waals surface area contributed by atoms with Gasteiger partial charge in [-0.1, -0.05) is 0 Å². The van der Waals surface area contributed by atoms with Gasteiger partial charge in [0.2, 0.25) is 0 Å². The Morgan fingerprint density at radius 1 is 1.24 bits per heavy atom. The Kier molecular flexibility index (Phi) is 6.75. The first-order valence-electron chi connectivity index (χ1n) is 7.17. The monoisotopic (exact) mass is 453 g/mol. The highest BCUT2D eigenvalue weighted by Crippen LogP contribution is 2.21. The standard InChI is InChI=1S/C17H16IN3O4/c1-24-15-8-12(4-7-14(15)18)17(23)21-20-9-11-2-5-13(6-3-11)25-10-16(19)22/h2-9H,10H2,1H3,(H2,19,22)(H,21,23)/b20-9+. The zero-order valence-corrected chi connectivity index (χ0v) is 15.5. The van der Waals surface area contributed by atoms with Crippen LogP contribution in [0.25, 0.3) is 0 Å². The van der Waals surface area contributed by atoms with Crippen LogP contribution in [-0.2, 0) is 4.79 Å². The summed E-state index contributed by atoms with van der Waals surface area (Å²) in [4.78, 5) is 22.7. The number of nitrogens with zero attached hydrogens (tertiary/aromatic N) is 1. The molecule has 0 aliphatic carbocycles. The lowest BCUT2D eigenvalue weighted by molar-refractivity contribution is -0.119. The number of carbonyl (C=O) groups is 2. The SMILES string of the molecule is COc1cc(C(=O)N/N=C/c2ccc(OCC(N)=O)cc2)ccc1I. The summed E-state index contributed by atoms with van der Waals surface area (Å²) in [6.07, 6.45) is 1.50. The molecule has 25 heavy (non-hydrogen) atoms. The number of benzene rings is 2. The van der Waals surface area contributed by atoms with E-state index in [2.05, 4.69) is 33.1 Å². The molecule has 0 spiro atoms. The van der Waals surface area contributed by atoms with Gasteiger partial charge in [-0.25, -0.2) is 5.43 Å². The quantitative estimate of drug-likeness (QED) is 0.380. The number of hydrogen-bond acceptors (Lipinski definition) is 5. The van der Waals surface area contributed by atoms with Crippen LogP contribution in [-0.4, -0.2) is 31.7 Å². The van der Waals surface area contributed by atoms with Crippen molar-refractivity contribution in [2.75, 3.05) is 13.7 Å². The third kappa shape index (κ3) is 5.75. The summed E-state index contributed by atoms with van der Waals surface area (Å²) in [7, 11) is 1.55. The highest BCUT2D eigenvalue weighted by Gasteiger charge is 2.08. The number of halogens is 1. The van der Waals surface area contributed by atoms with Crippen molar-refractivity contribution >= 4 is 40.6 Å². The average Bonchev–Trinajstić information content (AvgIpc) is 2.61. The fraction of sp³-hybridized carbons (Fsp3) is 0.118. The minimum atomic E-state index is -0.541. The molecule has 0 bridgehead atoms. The van der Waals surface area contributed by atoms with Crippen molar-refractivity contribution < 1.29 is 19.1 Å². The van der Waals surface area contributed by atoms with Crippen molar-refractivity contribution in [2.24, 2.45) is 10.8 Å². The maximum atomic E-state index is 12.1. The van der Waals surface area contributed by atoms with Gasteiger partial charge in [0.05, 0.1) is 16.9 Å². The number of nitrogens with one attached hydrogen (secondary N) is 1. The minimum absolute atomic E-state index is 0.178. The molecule has 0 aliphatic rings. The van der Waals surface area contributed by atoms with Gasteiger partial charge in [0.25, 0.3) is 11.8 Å². The maximum Gasteiger partial charge on any atom is 0.271 e. The first-order chi connectivity index (χ1) is 12.0. The molecular weight excluding hydrogens is 437 g/mol. The zero-order valence-electron chi connectivity index (χ0n) is 13.4. The summed E-state index contributed by atoms with van der Waals surface area (Å²) in [5.74, 6) is 0.266. The van der Waals surface area contributed by atoms with Crippen LogP contribution in [0.2, 0.25) is 0 Å². The Morgan fingerprint density at radius 3 is 2.60 bits per heavy atom. The van der Waals surface area contributed by atoms with E-state index >= 15 is 0 Å². The molecule has 0 aliphatic heterocycles. The number of primary amides is 1. The summed E-state index contributed by atoms with van der Waals surface area (Å²) in [6.45, 7) is -0.178. The summed E-state index contributed by atoms with van der Waals surface area (Å²) in [5.41, 5.74) is 8.66. The third-order valence-corrected chi connectivity index (χ3v) is 3.95. The smallest absolute Gasteiger partial charge is 0.271 e. The second-order valence-electron chi connectivity index (χ2n) is 4.87. The first-order valence-corrected chi connectivity index (χ1v) is 8.25. The number of methoxy groups -OCH3 is 1. The van der Waals surface area contributed by atoms with Crippen LogP contribution in [0.5, 0.6) is 11.5 Å². The van der Waals surface area contributed by atoms with Gasteiger partial charge in [-0.15, -0.1) is 0 Å². The topological polar surface area (TPSA) is 103 Å². The minimum Gasteiger partial charge on any atom is -0.496 e. The number of ether oxygens (including phenoxy) is 2. The van der Waals surface area contributed by atoms with E-state index in [4.69, 9.17) is 15.2 Å². The Morgan fingerprint density at radius 2 is 1.96 bits per heavy atom. The molecule has 3 N–H and O–H groups in total. The Balaban J connectivity index is 1.93. The molecule has 0 saturated carbocycles. The molecule has 0 heterocycles. The summed E-state index contributed by atoms with van der Waals surface area (Å²) in [5, 5.41) is 3.92. The highest BCUT2D eigenvalue weighted by molar-refractivity contribution is 14.1. The van der Waals surface area contributed by atoms with Gasteiger partial charge in [0.15, 0.2) is 6.61 Å². The molecule has 0 unspecified atom stereocenters. The molecule has 2 rings (SSSR count). The fourth-order valence-corrected chi connectivity index (χ4v) is 2.39. The van der Waals surface area contributed by atoms with E-state index in [1.165, 1.54) is 6.21 Å². The van der Waals surface area contributed by atoms with Gasteiger partial charge in [0.1, 0.15) is 11.5 Å². The molecule has 0 atom stereocenters. The molecule has 2 amide bonds. The van der Waals surface area contributed by atoms with Gasteiger partial charge >= 0.3 is 0 Å². The molecule has 2 aromatic rings. The number of rotatable bonds is 7. The van der Waals surface area contributed by atoms with Crippen LogP contribution in [0.1, 0.15) is 15.9 Å². The Labute approximate surface area is 158 Å². The van der Waals surface area contributed by atoms with E-state index in [-0.39, 0.29) is 12.5 Å². The zero-order chi connectivity index (χ0) is 18.2. The number of hydrazone groups is 1. The molecule has 8 heteroatoms. The molecule has 130 valence electrons. The van der Waals surface area contributed by atoms with Crippen LogP contribution in [0.4, 0.5) is 0 Å². The molecule has 7 nitrogen and oxygen atoms in total. The summed E-state index contributed by atoms with van der Waals surface area (Å²) >= 11 is 2.13. The predicted octanol–water partition coefficient (Wildman–Crippen LogP) is 1.93. The van der Waals surface area contributed by atoms with Crippen LogP contribution in [0.15, 0.2) is 47.6 Å². The second kappa shape index (κ2) is 9.02. The van der Waals surface area contributed by atoms with Crippen LogP contribution >= 0.6 is 22.6 Å². The van der Waals surface area contributed by atoms with Crippen molar-refractivity contribution in [2.45, 2.75) is 0 Å². The van der Waals surface area contributed by atoms with Gasteiger partial charge in [-0.05, 0) is 70.6 Å². The van der Waals surface area contributed by atoms with Crippen molar-refractivity contribution in [1.29, 1.82) is 0 Å². The van der Waals surface area contributed by atoms with Gasteiger partial charge < -0.3 is 15.2 Å². The van der Waals surface area contributed by atoms with Crippen LogP contribution in [0.3, 0.4) is 0 Å². The Bertz CT molecular complexity index is 791. The molecular formula is C17H16IN3O4. The van der Waals surface area contributed by atoms with Gasteiger partial charge in [-0.3, -0.25) is 9.59 Å². The van der Waals surface area contributed by atoms with Gasteiger partial charge in [0, 0.05) is 5.56 Å². The lowest BCUT2D eigenvalue weighted by Gasteiger charge is -2.05. The highest BCUT2D eigenvalue weighted by atomic mass is 127. The van der Waals surface area contributed by atoms with Crippen molar-refractivity contribution in [3.8, 4) is 11.5 Å². The second-order valence-corrected chi connectivity index (χ2v) is 6.03. The molecule has 0 saturated heterocycles. The van der Waals surface area contributed by atoms with Crippen LogP contribution in [0, 0.1) is 3.57 Å². The lowest BCUT2D eigenvalue weighted by Crippen LogP contribution is -2.20. The number of nitrogens with two attached hydrogens (primary N) is 1. The summed E-state index contributed by atoms with van der Waals surface area (Å²) in [6, 6.07) is 12.0. The van der Waals surface area contributed by atoms with Crippen LogP contribution < -0.4 is 20.6 Å². The normalized spacial score (nSPS) is 10.5. The summed E-state index contributed by atoms with van der Waals surface area (Å²) < 4.78 is 11.3. The fourth-order valence-electron chi connectivity index (χ4n) is 1.84. The number of amides is 2. The average molecular weight is 453 g/mol. The number of hydrogen-bond donors (Lipinski definition) is 2. The Hall–Kier alpha value is -2.62. The predicted molar refractivity (Wildman–Crippen MR) is 102 cm³/mol. The maximum absolute atomic E-state index is 12.1. The molecule has 0 fully saturated rings.